The van der Waals surface area contributed by atoms with E-state index in [1.807, 2.05) is 30.3 Å². The van der Waals surface area contributed by atoms with Crippen molar-refractivity contribution in [3.8, 4) is 22.8 Å². The van der Waals surface area contributed by atoms with Gasteiger partial charge in [0, 0.05) is 23.5 Å². The van der Waals surface area contributed by atoms with Crippen LogP contribution in [0.5, 0.6) is 0 Å². The Morgan fingerprint density at radius 2 is 2.00 bits per heavy atom. The van der Waals surface area contributed by atoms with Crippen molar-refractivity contribution in [3.05, 3.63) is 65.2 Å². The molecule has 4 rings (SSSR count). The number of hydrogen-bond donors (Lipinski definition) is 1. The molecule has 1 aromatic carbocycles. The van der Waals surface area contributed by atoms with Crippen molar-refractivity contribution in [1.82, 2.24) is 20.1 Å². The van der Waals surface area contributed by atoms with E-state index in [4.69, 9.17) is 4.52 Å². The average molecular weight is 290 g/mol. The van der Waals surface area contributed by atoms with Crippen LogP contribution in [0.4, 0.5) is 0 Å². The number of nitrogens with one attached hydrogen (secondary N) is 1. The molecule has 22 heavy (non-hydrogen) atoms. The molecule has 106 valence electrons. The lowest BCUT2D eigenvalue weighted by molar-refractivity contribution is 0.432. The van der Waals surface area contributed by atoms with Crippen LogP contribution in [0.25, 0.3) is 33.7 Å². The second-order valence-corrected chi connectivity index (χ2v) is 4.76. The molecule has 0 bridgehead atoms. The van der Waals surface area contributed by atoms with Gasteiger partial charge in [-0.2, -0.15) is 4.98 Å². The van der Waals surface area contributed by atoms with Crippen molar-refractivity contribution in [2.75, 3.05) is 0 Å². The zero-order valence-electron chi connectivity index (χ0n) is 11.4. The Bertz CT molecular complexity index is 1010. The Hall–Kier alpha value is -3.28. The van der Waals surface area contributed by atoms with Crippen LogP contribution in [-0.2, 0) is 0 Å². The van der Waals surface area contributed by atoms with Crippen molar-refractivity contribution >= 4 is 10.9 Å². The van der Waals surface area contributed by atoms with Gasteiger partial charge >= 0.3 is 0 Å². The lowest BCUT2D eigenvalue weighted by atomic mass is 10.1. The molecule has 0 atom stereocenters. The second kappa shape index (κ2) is 4.92. The Balaban J connectivity index is 1.84. The van der Waals surface area contributed by atoms with Crippen molar-refractivity contribution in [3.63, 3.8) is 0 Å². The molecule has 0 aliphatic carbocycles. The molecule has 0 amide bonds. The van der Waals surface area contributed by atoms with Gasteiger partial charge in [0.2, 0.25) is 5.82 Å². The van der Waals surface area contributed by atoms with E-state index < -0.39 is 0 Å². The SMILES string of the molecule is O=c1[nH]c2ccccc2cc1-c1nc(-c2cccnc2)no1. The zero-order chi connectivity index (χ0) is 14.9. The van der Waals surface area contributed by atoms with E-state index in [0.717, 1.165) is 16.5 Å². The first kappa shape index (κ1) is 12.5. The fraction of sp³-hybridized carbons (Fsp3) is 0. The Labute approximate surface area is 124 Å². The van der Waals surface area contributed by atoms with Crippen molar-refractivity contribution < 1.29 is 4.52 Å². The molecule has 0 spiro atoms. The van der Waals surface area contributed by atoms with Crippen LogP contribution >= 0.6 is 0 Å². The monoisotopic (exact) mass is 290 g/mol. The summed E-state index contributed by atoms with van der Waals surface area (Å²) in [5.74, 6) is 0.585. The normalized spacial score (nSPS) is 10.9. The van der Waals surface area contributed by atoms with Gasteiger partial charge in [-0.15, -0.1) is 0 Å². The molecule has 6 heteroatoms. The maximum atomic E-state index is 12.2. The molecular weight excluding hydrogens is 280 g/mol. The molecule has 1 N–H and O–H groups in total. The number of fused-ring (bicyclic) bond motifs is 1. The number of aromatic nitrogens is 4. The largest absolute Gasteiger partial charge is 0.333 e. The van der Waals surface area contributed by atoms with Crippen LogP contribution in [0, 0.1) is 0 Å². The molecule has 0 radical (unpaired) electrons. The third kappa shape index (κ3) is 2.07. The summed E-state index contributed by atoms with van der Waals surface area (Å²) < 4.78 is 5.23. The summed E-state index contributed by atoms with van der Waals surface area (Å²) in [5, 5.41) is 4.81. The number of hydrogen-bond acceptors (Lipinski definition) is 5. The van der Waals surface area contributed by atoms with E-state index in [-0.39, 0.29) is 11.4 Å². The van der Waals surface area contributed by atoms with Gasteiger partial charge in [-0.05, 0) is 29.7 Å². The van der Waals surface area contributed by atoms with E-state index in [9.17, 15) is 4.79 Å². The molecule has 6 nitrogen and oxygen atoms in total. The minimum Gasteiger partial charge on any atom is -0.333 e. The van der Waals surface area contributed by atoms with Crippen LogP contribution in [0.15, 0.2) is 64.2 Å². The van der Waals surface area contributed by atoms with Gasteiger partial charge in [0.25, 0.3) is 11.4 Å². The summed E-state index contributed by atoms with van der Waals surface area (Å²) in [6, 6.07) is 12.9. The van der Waals surface area contributed by atoms with Crippen LogP contribution < -0.4 is 5.56 Å². The van der Waals surface area contributed by atoms with E-state index in [0.29, 0.717) is 11.4 Å². The number of nitrogens with zero attached hydrogens (tertiary/aromatic N) is 3. The van der Waals surface area contributed by atoms with Crippen LogP contribution in [0.1, 0.15) is 0 Å². The molecule has 0 unspecified atom stereocenters. The van der Waals surface area contributed by atoms with Gasteiger partial charge in [0.1, 0.15) is 5.56 Å². The molecule has 0 fully saturated rings. The molecular formula is C16H10N4O2. The lowest BCUT2D eigenvalue weighted by Crippen LogP contribution is -2.08. The lowest BCUT2D eigenvalue weighted by Gasteiger charge is -1.98. The predicted molar refractivity (Wildman–Crippen MR) is 81.1 cm³/mol. The van der Waals surface area contributed by atoms with Gasteiger partial charge in [-0.3, -0.25) is 9.78 Å². The molecule has 0 aliphatic heterocycles. The smallest absolute Gasteiger partial charge is 0.263 e. The second-order valence-electron chi connectivity index (χ2n) is 4.76. The zero-order valence-corrected chi connectivity index (χ0v) is 11.4. The van der Waals surface area contributed by atoms with Gasteiger partial charge < -0.3 is 9.51 Å². The highest BCUT2D eigenvalue weighted by Crippen LogP contribution is 2.21. The van der Waals surface area contributed by atoms with Crippen LogP contribution in [0.3, 0.4) is 0 Å². The van der Waals surface area contributed by atoms with Crippen molar-refractivity contribution in [2.24, 2.45) is 0 Å². The number of pyridine rings is 2. The van der Waals surface area contributed by atoms with Crippen molar-refractivity contribution in [2.45, 2.75) is 0 Å². The summed E-state index contributed by atoms with van der Waals surface area (Å²) in [5.41, 5.74) is 1.58. The first-order chi connectivity index (χ1) is 10.8. The molecule has 4 aromatic rings. The highest BCUT2D eigenvalue weighted by Gasteiger charge is 2.14. The minimum atomic E-state index is -0.264. The third-order valence-corrected chi connectivity index (χ3v) is 3.33. The first-order valence-corrected chi connectivity index (χ1v) is 6.68. The first-order valence-electron chi connectivity index (χ1n) is 6.68. The minimum absolute atomic E-state index is 0.186. The standard InChI is InChI=1S/C16H10N4O2/c21-15-12(8-10-4-1-2-6-13(10)18-15)16-19-14(20-22-16)11-5-3-7-17-9-11/h1-9H,(H,18,21). The molecule has 3 aromatic heterocycles. The fourth-order valence-electron chi connectivity index (χ4n) is 2.25. The summed E-state index contributed by atoms with van der Waals surface area (Å²) >= 11 is 0. The molecule has 3 heterocycles. The molecule has 0 aliphatic rings. The van der Waals surface area contributed by atoms with Gasteiger partial charge in [-0.1, -0.05) is 23.4 Å². The summed E-state index contributed by atoms with van der Waals surface area (Å²) in [6.45, 7) is 0. The third-order valence-electron chi connectivity index (χ3n) is 3.33. The van der Waals surface area contributed by atoms with Crippen LogP contribution in [-0.4, -0.2) is 20.1 Å². The van der Waals surface area contributed by atoms with E-state index >= 15 is 0 Å². The summed E-state index contributed by atoms with van der Waals surface area (Å²) in [4.78, 5) is 23.3. The Morgan fingerprint density at radius 3 is 2.86 bits per heavy atom. The summed E-state index contributed by atoms with van der Waals surface area (Å²) in [6.07, 6.45) is 3.30. The Morgan fingerprint density at radius 1 is 1.09 bits per heavy atom. The van der Waals surface area contributed by atoms with Crippen LogP contribution in [0.2, 0.25) is 0 Å². The summed E-state index contributed by atoms with van der Waals surface area (Å²) in [7, 11) is 0. The highest BCUT2D eigenvalue weighted by molar-refractivity contribution is 5.82. The van der Waals surface area contributed by atoms with E-state index in [1.54, 1.807) is 24.5 Å². The fourth-order valence-corrected chi connectivity index (χ4v) is 2.25. The topological polar surface area (TPSA) is 84.7 Å². The van der Waals surface area contributed by atoms with Crippen molar-refractivity contribution in [1.29, 1.82) is 0 Å². The highest BCUT2D eigenvalue weighted by atomic mass is 16.5. The number of benzene rings is 1. The predicted octanol–water partition coefficient (Wildman–Crippen LogP) is 2.64. The van der Waals surface area contributed by atoms with Gasteiger partial charge in [0.05, 0.1) is 0 Å². The Kier molecular flexibility index (Phi) is 2.79. The number of para-hydroxylation sites is 1. The quantitative estimate of drug-likeness (QED) is 0.613. The van der Waals surface area contributed by atoms with Gasteiger partial charge in [-0.25, -0.2) is 0 Å². The molecule has 0 saturated heterocycles. The average Bonchev–Trinajstić information content (AvgIpc) is 3.05. The number of rotatable bonds is 2. The maximum Gasteiger partial charge on any atom is 0.263 e. The number of aromatic amines is 1. The molecule has 0 saturated carbocycles. The number of H-pyrrole nitrogens is 1. The van der Waals surface area contributed by atoms with Gasteiger partial charge in [0.15, 0.2) is 0 Å². The maximum absolute atomic E-state index is 12.2. The van der Waals surface area contributed by atoms with E-state index in [1.165, 1.54) is 0 Å². The van der Waals surface area contributed by atoms with E-state index in [2.05, 4.69) is 20.1 Å².